The lowest BCUT2D eigenvalue weighted by Crippen LogP contribution is -2.43. The molecule has 0 fully saturated rings. The Labute approximate surface area is 206 Å². The molecule has 0 aromatic heterocycles. The number of aliphatic carboxylic acids is 1. The van der Waals surface area contributed by atoms with Crippen molar-refractivity contribution < 1.29 is 27.4 Å². The Hall–Kier alpha value is -2.81. The first-order valence-corrected chi connectivity index (χ1v) is 12.5. The number of anilines is 1. The molecule has 1 atom stereocenters. The fourth-order valence-corrected chi connectivity index (χ4v) is 5.85. The molecular weight excluding hydrogens is 504 g/mol. The van der Waals surface area contributed by atoms with E-state index in [1.807, 2.05) is 0 Å². The maximum absolute atomic E-state index is 14.8. The molecule has 0 aliphatic carbocycles. The van der Waals surface area contributed by atoms with Crippen molar-refractivity contribution in [3.63, 3.8) is 0 Å². The summed E-state index contributed by atoms with van der Waals surface area (Å²) in [6.07, 6.45) is -0.817. The van der Waals surface area contributed by atoms with E-state index >= 15 is 0 Å². The third kappa shape index (κ3) is 4.71. The predicted molar refractivity (Wildman–Crippen MR) is 129 cm³/mol. The van der Waals surface area contributed by atoms with Crippen LogP contribution in [0.1, 0.15) is 18.4 Å². The van der Waals surface area contributed by atoms with E-state index in [9.17, 15) is 17.6 Å². The molecule has 0 amide bonds. The lowest BCUT2D eigenvalue weighted by atomic mass is 10.0. The molecule has 1 N–H and O–H groups in total. The first kappa shape index (κ1) is 24.3. The zero-order valence-corrected chi connectivity index (χ0v) is 20.3. The molecular formula is C24H20Cl2FNO5S. The van der Waals surface area contributed by atoms with Gasteiger partial charge in [-0.25, -0.2) is 12.8 Å². The maximum Gasteiger partial charge on any atom is 0.303 e. The third-order valence-electron chi connectivity index (χ3n) is 5.48. The van der Waals surface area contributed by atoms with E-state index < -0.39 is 27.9 Å². The second-order valence-corrected chi connectivity index (χ2v) is 10.6. The van der Waals surface area contributed by atoms with E-state index in [1.165, 1.54) is 30.3 Å². The molecule has 0 bridgehead atoms. The molecule has 10 heteroatoms. The van der Waals surface area contributed by atoms with Gasteiger partial charge in [0.2, 0.25) is 0 Å². The van der Waals surface area contributed by atoms with Crippen molar-refractivity contribution in [3.05, 3.63) is 76.0 Å². The molecule has 1 aliphatic rings. The molecule has 178 valence electrons. The van der Waals surface area contributed by atoms with Gasteiger partial charge in [-0.2, -0.15) is 0 Å². The molecule has 1 aliphatic heterocycles. The largest absolute Gasteiger partial charge is 0.486 e. The van der Waals surface area contributed by atoms with Gasteiger partial charge in [0.05, 0.1) is 27.2 Å². The Kier molecular flexibility index (Phi) is 6.75. The number of nitrogens with zero attached hydrogens (tertiary/aromatic N) is 1. The van der Waals surface area contributed by atoms with E-state index in [4.69, 9.17) is 33.0 Å². The summed E-state index contributed by atoms with van der Waals surface area (Å²) in [5.41, 5.74) is 1.29. The number of fused-ring (bicyclic) bond motifs is 1. The summed E-state index contributed by atoms with van der Waals surface area (Å²) >= 11 is 12.4. The Morgan fingerprint density at radius 1 is 1.12 bits per heavy atom. The van der Waals surface area contributed by atoms with E-state index in [0.717, 1.165) is 9.87 Å². The number of benzene rings is 3. The van der Waals surface area contributed by atoms with Gasteiger partial charge in [-0.3, -0.25) is 9.10 Å². The number of ether oxygens (including phenoxy) is 1. The van der Waals surface area contributed by atoms with Crippen LogP contribution in [0.5, 0.6) is 5.75 Å². The molecule has 0 unspecified atom stereocenters. The number of hydrogen-bond donors (Lipinski definition) is 1. The van der Waals surface area contributed by atoms with Crippen LogP contribution in [0.3, 0.4) is 0 Å². The number of rotatable bonds is 6. The van der Waals surface area contributed by atoms with Gasteiger partial charge >= 0.3 is 5.97 Å². The quantitative estimate of drug-likeness (QED) is 0.432. The summed E-state index contributed by atoms with van der Waals surface area (Å²) < 4.78 is 49.2. The highest BCUT2D eigenvalue weighted by atomic mass is 35.5. The Balaban J connectivity index is 1.87. The molecule has 6 nitrogen and oxygen atoms in total. The van der Waals surface area contributed by atoms with Crippen molar-refractivity contribution in [1.29, 1.82) is 0 Å². The second-order valence-electron chi connectivity index (χ2n) is 7.93. The van der Waals surface area contributed by atoms with Crippen LogP contribution in [0.2, 0.25) is 10.0 Å². The second kappa shape index (κ2) is 9.44. The van der Waals surface area contributed by atoms with Gasteiger partial charge in [0, 0.05) is 23.6 Å². The zero-order valence-electron chi connectivity index (χ0n) is 18.0. The van der Waals surface area contributed by atoms with E-state index in [-0.39, 0.29) is 56.9 Å². The molecule has 1 heterocycles. The highest BCUT2D eigenvalue weighted by molar-refractivity contribution is 7.92. The molecule has 0 radical (unpaired) electrons. The lowest BCUT2D eigenvalue weighted by Gasteiger charge is -2.36. The van der Waals surface area contributed by atoms with Gasteiger partial charge in [-0.1, -0.05) is 47.5 Å². The Bertz CT molecular complexity index is 1380. The maximum atomic E-state index is 14.8. The fourth-order valence-electron chi connectivity index (χ4n) is 3.82. The van der Waals surface area contributed by atoms with Gasteiger partial charge in [0.1, 0.15) is 17.7 Å². The van der Waals surface area contributed by atoms with Gasteiger partial charge < -0.3 is 9.84 Å². The summed E-state index contributed by atoms with van der Waals surface area (Å²) in [6, 6.07) is 13.8. The smallest absolute Gasteiger partial charge is 0.303 e. The van der Waals surface area contributed by atoms with Crippen LogP contribution in [-0.4, -0.2) is 32.1 Å². The number of carboxylic acid groups (broad SMARTS) is 1. The lowest BCUT2D eigenvalue weighted by molar-refractivity contribution is -0.137. The minimum atomic E-state index is -4.06. The van der Waals surface area contributed by atoms with Crippen LogP contribution in [0.4, 0.5) is 10.1 Å². The average molecular weight is 524 g/mol. The number of halogens is 3. The molecule has 4 rings (SSSR count). The zero-order chi connectivity index (χ0) is 24.6. The Morgan fingerprint density at radius 3 is 2.56 bits per heavy atom. The van der Waals surface area contributed by atoms with Crippen molar-refractivity contribution in [2.45, 2.75) is 30.8 Å². The van der Waals surface area contributed by atoms with Gasteiger partial charge in [0.25, 0.3) is 10.0 Å². The van der Waals surface area contributed by atoms with Crippen LogP contribution >= 0.6 is 23.2 Å². The first-order valence-electron chi connectivity index (χ1n) is 10.3. The normalized spacial score (nSPS) is 15.5. The summed E-state index contributed by atoms with van der Waals surface area (Å²) in [7, 11) is -4.06. The number of aryl methyl sites for hydroxylation is 1. The number of hydrogen-bond acceptors (Lipinski definition) is 4. The van der Waals surface area contributed by atoms with Crippen molar-refractivity contribution in [3.8, 4) is 16.9 Å². The van der Waals surface area contributed by atoms with Crippen LogP contribution < -0.4 is 9.04 Å². The minimum Gasteiger partial charge on any atom is -0.486 e. The van der Waals surface area contributed by atoms with Gasteiger partial charge in [-0.15, -0.1) is 0 Å². The Morgan fingerprint density at radius 2 is 1.85 bits per heavy atom. The van der Waals surface area contributed by atoms with Crippen molar-refractivity contribution in [1.82, 2.24) is 0 Å². The summed E-state index contributed by atoms with van der Waals surface area (Å²) in [5, 5.41) is 9.11. The number of carbonyl (C=O) groups is 1. The average Bonchev–Trinajstić information content (AvgIpc) is 2.78. The van der Waals surface area contributed by atoms with E-state index in [0.29, 0.717) is 0 Å². The number of sulfonamides is 1. The summed E-state index contributed by atoms with van der Waals surface area (Å²) in [6.45, 7) is 1.66. The summed E-state index contributed by atoms with van der Waals surface area (Å²) in [5.74, 6) is -1.54. The molecule has 34 heavy (non-hydrogen) atoms. The third-order valence-corrected chi connectivity index (χ3v) is 7.86. The molecule has 0 spiro atoms. The highest BCUT2D eigenvalue weighted by Crippen LogP contribution is 2.44. The van der Waals surface area contributed by atoms with Gasteiger partial charge in [-0.05, 0) is 43.2 Å². The van der Waals surface area contributed by atoms with Crippen LogP contribution in [0.25, 0.3) is 11.1 Å². The topological polar surface area (TPSA) is 83.9 Å². The first-order chi connectivity index (χ1) is 16.1. The number of carboxylic acids is 1. The van der Waals surface area contributed by atoms with Crippen molar-refractivity contribution in [2.75, 3.05) is 10.8 Å². The van der Waals surface area contributed by atoms with Crippen molar-refractivity contribution in [2.24, 2.45) is 0 Å². The molecule has 3 aromatic rings. The van der Waals surface area contributed by atoms with Crippen LogP contribution in [-0.2, 0) is 14.8 Å². The highest BCUT2D eigenvalue weighted by Gasteiger charge is 2.36. The summed E-state index contributed by atoms with van der Waals surface area (Å²) in [4.78, 5) is 11.2. The molecule has 3 aromatic carbocycles. The predicted octanol–water partition coefficient (Wildman–Crippen LogP) is 5.93. The van der Waals surface area contributed by atoms with E-state index in [1.54, 1.807) is 31.2 Å². The van der Waals surface area contributed by atoms with Crippen LogP contribution in [0.15, 0.2) is 59.5 Å². The fraction of sp³-hybridized carbons (Fsp3) is 0.208. The van der Waals surface area contributed by atoms with Crippen molar-refractivity contribution >= 4 is 44.9 Å². The SMILES string of the molecule is Cc1cccc(S(=O)(=O)N2C[C@H](CCC(=O)O)Oc3cc(Cl)c(-c4cccc(Cl)c4F)cc32)c1. The van der Waals surface area contributed by atoms with Crippen LogP contribution in [0, 0.1) is 12.7 Å². The van der Waals surface area contributed by atoms with Gasteiger partial charge in [0.15, 0.2) is 0 Å². The standard InChI is InChI=1S/C24H20Cl2FNO5S/c1-14-4-2-5-16(10-14)34(31,32)28-13-15(8-9-23(29)30)33-22-12-20(26)18(11-21(22)28)17-6-3-7-19(25)24(17)27/h2-7,10-12,15H,8-9,13H2,1H3,(H,29,30)/t15-/m0/s1. The van der Waals surface area contributed by atoms with E-state index in [2.05, 4.69) is 0 Å². The minimum absolute atomic E-state index is 0.0720. The molecule has 0 saturated carbocycles. The monoisotopic (exact) mass is 523 g/mol. The molecule has 0 saturated heterocycles.